The van der Waals surface area contributed by atoms with Crippen LogP contribution in [0.25, 0.3) is 0 Å². The molecule has 0 saturated heterocycles. The van der Waals surface area contributed by atoms with Crippen molar-refractivity contribution in [1.82, 2.24) is 0 Å². The Morgan fingerprint density at radius 1 is 0.750 bits per heavy atom. The summed E-state index contributed by atoms with van der Waals surface area (Å²) in [5.74, 6) is 0. The molecule has 0 nitrogen and oxygen atoms in total. The van der Waals surface area contributed by atoms with E-state index in [-0.39, 0.29) is 14.9 Å². The molecule has 0 atom stereocenters. The highest BCUT2D eigenvalue weighted by atomic mass is 14.3. The minimum Gasteiger partial charge on any atom is -0.0776 e. The molecular weight excluding hydrogens is 144 g/mol. The van der Waals surface area contributed by atoms with E-state index in [1.807, 2.05) is 0 Å². The Balaban J connectivity index is -0.000000405. The van der Waals surface area contributed by atoms with Gasteiger partial charge >= 0.3 is 0 Å². The third-order valence-corrected chi connectivity index (χ3v) is 3.03. The molecule has 0 rings (SSSR count). The van der Waals surface area contributed by atoms with Crippen molar-refractivity contribution in [3.63, 3.8) is 0 Å². The van der Waals surface area contributed by atoms with Crippen LogP contribution in [0.1, 0.15) is 74.7 Å². The van der Waals surface area contributed by atoms with Crippen LogP contribution >= 0.6 is 0 Å². The molecule has 0 aliphatic rings. The highest BCUT2D eigenvalue weighted by Gasteiger charge is 2.21. The normalized spacial score (nSPS) is 10.0. The van der Waals surface area contributed by atoms with Crippen LogP contribution in [-0.2, 0) is 0 Å². The second-order valence-electron chi connectivity index (χ2n) is 3.31. The summed E-state index contributed by atoms with van der Waals surface area (Å²) in [6.45, 7) is 9.25. The summed E-state index contributed by atoms with van der Waals surface area (Å²) in [5.41, 5.74) is 0.675. The molecule has 0 aliphatic carbocycles. The van der Waals surface area contributed by atoms with E-state index < -0.39 is 0 Å². The van der Waals surface area contributed by atoms with Gasteiger partial charge in [-0.25, -0.2) is 0 Å². The third-order valence-electron chi connectivity index (χ3n) is 3.03. The van der Waals surface area contributed by atoms with Gasteiger partial charge in [-0.15, -0.1) is 0 Å². The number of hydrogen-bond donors (Lipinski definition) is 0. The predicted octanol–water partition coefficient (Wildman–Crippen LogP) is 5.28. The fourth-order valence-electron chi connectivity index (χ4n) is 1.81. The molecule has 0 aromatic rings. The summed E-state index contributed by atoms with van der Waals surface area (Å²) in [4.78, 5) is 0. The quantitative estimate of drug-likeness (QED) is 0.532. The lowest BCUT2D eigenvalue weighted by molar-refractivity contribution is 0.226. The van der Waals surface area contributed by atoms with Crippen LogP contribution in [0, 0.1) is 5.41 Å². The summed E-state index contributed by atoms with van der Waals surface area (Å²) in [6, 6.07) is 0. The van der Waals surface area contributed by atoms with Gasteiger partial charge in [0.2, 0.25) is 0 Å². The minimum absolute atomic E-state index is 0. The van der Waals surface area contributed by atoms with Crippen LogP contribution in [0.15, 0.2) is 0 Å². The Hall–Kier alpha value is 0. The third kappa shape index (κ3) is 4.79. The zero-order chi connectivity index (χ0) is 8.04. The van der Waals surface area contributed by atoms with E-state index >= 15 is 0 Å². The van der Waals surface area contributed by atoms with E-state index in [1.165, 1.54) is 32.1 Å². The topological polar surface area (TPSA) is 0 Å². The van der Waals surface area contributed by atoms with Crippen molar-refractivity contribution in [2.24, 2.45) is 5.41 Å². The fourth-order valence-corrected chi connectivity index (χ4v) is 1.81. The Bertz CT molecular complexity index is 61.8. The van der Waals surface area contributed by atoms with Gasteiger partial charge < -0.3 is 0 Å². The van der Waals surface area contributed by atoms with E-state index in [2.05, 4.69) is 27.7 Å². The first-order valence-electron chi connectivity index (χ1n) is 4.74. The van der Waals surface area contributed by atoms with Gasteiger partial charge in [0.05, 0.1) is 0 Å². The molecule has 0 heterocycles. The molecule has 0 bridgehead atoms. The average Bonchev–Trinajstić information content (AvgIpc) is 2.01. The van der Waals surface area contributed by atoms with Gasteiger partial charge in [-0.2, -0.15) is 0 Å². The van der Waals surface area contributed by atoms with E-state index in [1.54, 1.807) is 0 Å². The molecule has 0 amide bonds. The summed E-state index contributed by atoms with van der Waals surface area (Å²) in [6.07, 6.45) is 6.82. The second kappa shape index (κ2) is 9.09. The van der Waals surface area contributed by atoms with E-state index in [0.29, 0.717) is 5.41 Å². The standard InChI is InChI=1S/C10H22.2CH4/c1-5-9-10(6-2,7-3)8-4;;/h5-9H2,1-4H3;2*1H4. The summed E-state index contributed by atoms with van der Waals surface area (Å²) in [5, 5.41) is 0. The summed E-state index contributed by atoms with van der Waals surface area (Å²) < 4.78 is 0. The Labute approximate surface area is 80.8 Å². The zero-order valence-corrected chi connectivity index (χ0v) is 8.04. The van der Waals surface area contributed by atoms with Crippen molar-refractivity contribution in [2.45, 2.75) is 74.7 Å². The molecule has 12 heavy (non-hydrogen) atoms. The molecular formula is C12H30. The van der Waals surface area contributed by atoms with Gasteiger partial charge in [0.15, 0.2) is 0 Å². The molecule has 78 valence electrons. The second-order valence-corrected chi connectivity index (χ2v) is 3.31. The largest absolute Gasteiger partial charge is 0.0776 e. The first-order chi connectivity index (χ1) is 4.74. The Morgan fingerprint density at radius 2 is 1.08 bits per heavy atom. The lowest BCUT2D eigenvalue weighted by Gasteiger charge is -2.29. The lowest BCUT2D eigenvalue weighted by Crippen LogP contribution is -2.16. The first kappa shape index (κ1) is 17.9. The number of rotatable bonds is 5. The molecule has 0 saturated carbocycles. The van der Waals surface area contributed by atoms with Crippen LogP contribution in [0.4, 0.5) is 0 Å². The van der Waals surface area contributed by atoms with Crippen LogP contribution < -0.4 is 0 Å². The highest BCUT2D eigenvalue weighted by molar-refractivity contribution is 4.73. The van der Waals surface area contributed by atoms with Gasteiger partial charge in [-0.3, -0.25) is 0 Å². The molecule has 0 N–H and O–H groups in total. The molecule has 0 heteroatoms. The monoisotopic (exact) mass is 174 g/mol. The van der Waals surface area contributed by atoms with Crippen molar-refractivity contribution in [2.75, 3.05) is 0 Å². The minimum atomic E-state index is 0. The van der Waals surface area contributed by atoms with Gasteiger partial charge in [0.25, 0.3) is 0 Å². The maximum atomic E-state index is 2.32. The molecule has 0 radical (unpaired) electrons. The molecule has 0 spiro atoms. The number of hydrogen-bond acceptors (Lipinski definition) is 0. The van der Waals surface area contributed by atoms with Crippen LogP contribution in [0.3, 0.4) is 0 Å². The van der Waals surface area contributed by atoms with Crippen LogP contribution in [0.2, 0.25) is 0 Å². The van der Waals surface area contributed by atoms with Gasteiger partial charge in [0.1, 0.15) is 0 Å². The van der Waals surface area contributed by atoms with Gasteiger partial charge in [-0.1, -0.05) is 68.2 Å². The smallest absolute Gasteiger partial charge is 0.0305 e. The molecule has 0 aliphatic heterocycles. The maximum absolute atomic E-state index is 2.32. The van der Waals surface area contributed by atoms with Crippen molar-refractivity contribution < 1.29 is 0 Å². The van der Waals surface area contributed by atoms with E-state index in [4.69, 9.17) is 0 Å². The molecule has 0 aromatic carbocycles. The van der Waals surface area contributed by atoms with Crippen LogP contribution in [-0.4, -0.2) is 0 Å². The average molecular weight is 174 g/mol. The van der Waals surface area contributed by atoms with Crippen molar-refractivity contribution >= 4 is 0 Å². The van der Waals surface area contributed by atoms with Crippen LogP contribution in [0.5, 0.6) is 0 Å². The molecule has 0 unspecified atom stereocenters. The van der Waals surface area contributed by atoms with E-state index in [9.17, 15) is 0 Å². The molecule has 0 fully saturated rings. The highest BCUT2D eigenvalue weighted by Crippen LogP contribution is 2.34. The SMILES string of the molecule is C.C.CCCC(CC)(CC)CC. The predicted molar refractivity (Wildman–Crippen MR) is 61.7 cm³/mol. The fraction of sp³-hybridized carbons (Fsp3) is 1.00. The molecule has 0 aromatic heterocycles. The van der Waals surface area contributed by atoms with E-state index in [0.717, 1.165) is 0 Å². The first-order valence-corrected chi connectivity index (χ1v) is 4.74. The van der Waals surface area contributed by atoms with Gasteiger partial charge in [0, 0.05) is 0 Å². The van der Waals surface area contributed by atoms with Gasteiger partial charge in [-0.05, 0) is 11.8 Å². The summed E-state index contributed by atoms with van der Waals surface area (Å²) >= 11 is 0. The van der Waals surface area contributed by atoms with Crippen molar-refractivity contribution in [3.05, 3.63) is 0 Å². The Morgan fingerprint density at radius 3 is 1.17 bits per heavy atom. The van der Waals surface area contributed by atoms with Crippen molar-refractivity contribution in [1.29, 1.82) is 0 Å². The Kier molecular flexibility index (Phi) is 13.6. The zero-order valence-electron chi connectivity index (χ0n) is 8.04. The van der Waals surface area contributed by atoms with Crippen molar-refractivity contribution in [3.8, 4) is 0 Å². The lowest BCUT2D eigenvalue weighted by atomic mass is 9.76. The summed E-state index contributed by atoms with van der Waals surface area (Å²) in [7, 11) is 0. The maximum Gasteiger partial charge on any atom is -0.0305 e.